The van der Waals surface area contributed by atoms with Gasteiger partial charge in [-0.3, -0.25) is 9.59 Å². The second-order valence-electron chi connectivity index (χ2n) is 7.01. The summed E-state index contributed by atoms with van der Waals surface area (Å²) in [6.07, 6.45) is -4.62. The molecule has 2 aromatic carbocycles. The number of pyridine rings is 1. The maximum absolute atomic E-state index is 13.3. The van der Waals surface area contributed by atoms with E-state index in [0.717, 1.165) is 12.1 Å². The monoisotopic (exact) mass is 433 g/mol. The quantitative estimate of drug-likeness (QED) is 0.589. The molecule has 2 heterocycles. The lowest BCUT2D eigenvalue weighted by Crippen LogP contribution is -2.37. The van der Waals surface area contributed by atoms with E-state index in [-0.39, 0.29) is 11.1 Å². The molecule has 1 aromatic heterocycles. The molecule has 3 aromatic rings. The number of fused-ring (bicyclic) bond motifs is 1. The summed E-state index contributed by atoms with van der Waals surface area (Å²) >= 11 is 0. The molecule has 1 saturated heterocycles. The first-order chi connectivity index (χ1) is 14.8. The van der Waals surface area contributed by atoms with Crippen LogP contribution < -0.4 is 15.8 Å². The molecular formula is C21H18F3N3O4. The third-order valence-corrected chi connectivity index (χ3v) is 5.05. The number of anilines is 2. The number of H-pyrrole nitrogens is 1. The zero-order chi connectivity index (χ0) is 22.2. The minimum Gasteiger partial charge on any atom is -0.506 e. The first-order valence-electron chi connectivity index (χ1n) is 9.45. The minimum absolute atomic E-state index is 0.117. The highest BCUT2D eigenvalue weighted by atomic mass is 19.4. The number of carbonyl (C=O) groups excluding carboxylic acids is 1. The van der Waals surface area contributed by atoms with Gasteiger partial charge in [0.1, 0.15) is 11.3 Å². The first kappa shape index (κ1) is 20.7. The first-order valence-corrected chi connectivity index (χ1v) is 9.45. The number of amides is 1. The molecule has 0 saturated carbocycles. The number of para-hydroxylation sites is 1. The number of ether oxygens (including phenoxy) is 1. The predicted octanol–water partition coefficient (Wildman–Crippen LogP) is 3.34. The standard InChI is InChI=1S/C21H18F3N3O4/c22-21(23,24)12-5-6-16(27-7-9-31-10-8-27)15(11-12)26-20(30)17-18(28)13-3-1-2-4-14(13)25-19(17)29/h1-6,11H,7-10H2,(H,26,30)(H2,25,28,29). The molecule has 0 bridgehead atoms. The van der Waals surface area contributed by atoms with Gasteiger partial charge < -0.3 is 25.0 Å². The second kappa shape index (κ2) is 7.95. The van der Waals surface area contributed by atoms with Crippen molar-refractivity contribution in [3.8, 4) is 5.75 Å². The molecular weight excluding hydrogens is 415 g/mol. The molecule has 0 radical (unpaired) electrons. The fourth-order valence-electron chi connectivity index (χ4n) is 3.51. The third-order valence-electron chi connectivity index (χ3n) is 5.05. The SMILES string of the molecule is O=C(Nc1cc(C(F)(F)F)ccc1N1CCOCC1)c1c(O)c2ccccc2[nH]c1=O. The van der Waals surface area contributed by atoms with Crippen molar-refractivity contribution in [3.05, 3.63) is 63.9 Å². The molecule has 0 aliphatic carbocycles. The Labute approximate surface area is 174 Å². The number of halogens is 3. The van der Waals surface area contributed by atoms with Crippen LogP contribution in [-0.2, 0) is 10.9 Å². The Morgan fingerprint density at radius 1 is 1.13 bits per heavy atom. The Bertz CT molecular complexity index is 1200. The number of hydrogen-bond donors (Lipinski definition) is 3. The van der Waals surface area contributed by atoms with Gasteiger partial charge in [-0.2, -0.15) is 13.2 Å². The summed E-state index contributed by atoms with van der Waals surface area (Å²) in [6.45, 7) is 1.63. The van der Waals surface area contributed by atoms with E-state index in [0.29, 0.717) is 37.5 Å². The fraction of sp³-hybridized carbons (Fsp3) is 0.238. The lowest BCUT2D eigenvalue weighted by atomic mass is 10.1. The van der Waals surface area contributed by atoms with Crippen LogP contribution in [0.1, 0.15) is 15.9 Å². The average molecular weight is 433 g/mol. The number of benzene rings is 2. The maximum Gasteiger partial charge on any atom is 0.416 e. The van der Waals surface area contributed by atoms with Gasteiger partial charge in [0.15, 0.2) is 0 Å². The molecule has 0 atom stereocenters. The number of aromatic hydroxyl groups is 1. The van der Waals surface area contributed by atoms with Crippen LogP contribution in [0.5, 0.6) is 5.75 Å². The number of aromatic nitrogens is 1. The lowest BCUT2D eigenvalue weighted by molar-refractivity contribution is -0.137. The molecule has 162 valence electrons. The van der Waals surface area contributed by atoms with Gasteiger partial charge in [0, 0.05) is 18.5 Å². The summed E-state index contributed by atoms with van der Waals surface area (Å²) in [7, 11) is 0. The van der Waals surface area contributed by atoms with Gasteiger partial charge in [-0.05, 0) is 30.3 Å². The summed E-state index contributed by atoms with van der Waals surface area (Å²) in [5.41, 5.74) is -1.81. The van der Waals surface area contributed by atoms with Crippen molar-refractivity contribution in [1.82, 2.24) is 4.98 Å². The van der Waals surface area contributed by atoms with Gasteiger partial charge in [0.05, 0.1) is 35.7 Å². The lowest BCUT2D eigenvalue weighted by Gasteiger charge is -2.31. The molecule has 1 aliphatic rings. The second-order valence-corrected chi connectivity index (χ2v) is 7.01. The van der Waals surface area contributed by atoms with Crippen LogP contribution in [-0.4, -0.2) is 42.3 Å². The fourth-order valence-corrected chi connectivity index (χ4v) is 3.51. The van der Waals surface area contributed by atoms with E-state index in [4.69, 9.17) is 4.74 Å². The van der Waals surface area contributed by atoms with Crippen molar-refractivity contribution < 1.29 is 27.8 Å². The van der Waals surface area contributed by atoms with Gasteiger partial charge in [-0.25, -0.2) is 0 Å². The molecule has 31 heavy (non-hydrogen) atoms. The van der Waals surface area contributed by atoms with E-state index < -0.39 is 34.5 Å². The molecule has 1 aliphatic heterocycles. The highest BCUT2D eigenvalue weighted by Crippen LogP contribution is 2.36. The Hall–Kier alpha value is -3.53. The zero-order valence-electron chi connectivity index (χ0n) is 16.1. The van der Waals surface area contributed by atoms with Crippen LogP contribution in [0.4, 0.5) is 24.5 Å². The summed E-state index contributed by atoms with van der Waals surface area (Å²) in [5, 5.41) is 13.1. The molecule has 7 nitrogen and oxygen atoms in total. The van der Waals surface area contributed by atoms with Gasteiger partial charge in [-0.1, -0.05) is 12.1 Å². The van der Waals surface area contributed by atoms with Crippen molar-refractivity contribution in [3.63, 3.8) is 0 Å². The Balaban J connectivity index is 1.76. The predicted molar refractivity (Wildman–Crippen MR) is 109 cm³/mol. The van der Waals surface area contributed by atoms with Crippen molar-refractivity contribution >= 4 is 28.2 Å². The van der Waals surface area contributed by atoms with E-state index in [1.54, 1.807) is 23.1 Å². The number of carbonyl (C=O) groups is 1. The zero-order valence-corrected chi connectivity index (χ0v) is 16.1. The van der Waals surface area contributed by atoms with Crippen molar-refractivity contribution in [2.75, 3.05) is 36.5 Å². The largest absolute Gasteiger partial charge is 0.506 e. The molecule has 3 N–H and O–H groups in total. The number of hydrogen-bond acceptors (Lipinski definition) is 5. The normalized spacial score (nSPS) is 14.6. The van der Waals surface area contributed by atoms with E-state index in [1.807, 2.05) is 0 Å². The average Bonchev–Trinajstić information content (AvgIpc) is 2.73. The van der Waals surface area contributed by atoms with E-state index >= 15 is 0 Å². The van der Waals surface area contributed by atoms with Gasteiger partial charge in [0.2, 0.25) is 0 Å². The Morgan fingerprint density at radius 2 is 1.84 bits per heavy atom. The topological polar surface area (TPSA) is 94.7 Å². The molecule has 1 amide bonds. The summed E-state index contributed by atoms with van der Waals surface area (Å²) < 4.78 is 45.1. The van der Waals surface area contributed by atoms with E-state index in [1.165, 1.54) is 12.1 Å². The van der Waals surface area contributed by atoms with Crippen molar-refractivity contribution in [1.29, 1.82) is 0 Å². The number of nitrogens with one attached hydrogen (secondary N) is 2. The minimum atomic E-state index is -4.62. The smallest absolute Gasteiger partial charge is 0.416 e. The van der Waals surface area contributed by atoms with Crippen LogP contribution >= 0.6 is 0 Å². The molecule has 10 heteroatoms. The van der Waals surface area contributed by atoms with Crippen LogP contribution in [0.15, 0.2) is 47.3 Å². The summed E-state index contributed by atoms with van der Waals surface area (Å²) in [4.78, 5) is 29.6. The number of morpholine rings is 1. The Morgan fingerprint density at radius 3 is 2.55 bits per heavy atom. The number of rotatable bonds is 3. The Kier molecular flexibility index (Phi) is 5.32. The van der Waals surface area contributed by atoms with Gasteiger partial charge >= 0.3 is 6.18 Å². The van der Waals surface area contributed by atoms with Crippen molar-refractivity contribution in [2.24, 2.45) is 0 Å². The molecule has 4 rings (SSSR count). The van der Waals surface area contributed by atoms with Crippen LogP contribution in [0.25, 0.3) is 10.9 Å². The van der Waals surface area contributed by atoms with Crippen LogP contribution in [0.2, 0.25) is 0 Å². The van der Waals surface area contributed by atoms with Crippen LogP contribution in [0.3, 0.4) is 0 Å². The van der Waals surface area contributed by atoms with Crippen molar-refractivity contribution in [2.45, 2.75) is 6.18 Å². The van der Waals surface area contributed by atoms with E-state index in [2.05, 4.69) is 10.3 Å². The number of nitrogens with zero attached hydrogens (tertiary/aromatic N) is 1. The van der Waals surface area contributed by atoms with Gasteiger partial charge in [-0.15, -0.1) is 0 Å². The summed E-state index contributed by atoms with van der Waals surface area (Å²) in [6, 6.07) is 9.35. The van der Waals surface area contributed by atoms with Crippen LogP contribution in [0, 0.1) is 0 Å². The molecule has 0 spiro atoms. The molecule has 0 unspecified atom stereocenters. The summed E-state index contributed by atoms with van der Waals surface area (Å²) in [5.74, 6) is -1.56. The third kappa shape index (κ3) is 4.06. The van der Waals surface area contributed by atoms with Gasteiger partial charge in [0.25, 0.3) is 11.5 Å². The highest BCUT2D eigenvalue weighted by Gasteiger charge is 2.32. The number of alkyl halides is 3. The van der Waals surface area contributed by atoms with E-state index in [9.17, 15) is 27.9 Å². The molecule has 1 fully saturated rings. The maximum atomic E-state index is 13.3. The highest BCUT2D eigenvalue weighted by molar-refractivity contribution is 6.10. The number of aromatic amines is 1.